The zero-order chi connectivity index (χ0) is 26.0. The molecule has 0 heterocycles. The Morgan fingerprint density at radius 1 is 1.23 bits per heavy atom. The molecule has 1 fully saturated rings. The number of phenols is 1. The van der Waals surface area contributed by atoms with Gasteiger partial charge in [0.05, 0.1) is 11.6 Å². The van der Waals surface area contributed by atoms with Crippen LogP contribution < -0.4 is 11.1 Å². The summed E-state index contributed by atoms with van der Waals surface area (Å²) in [7, 11) is 3.14. The summed E-state index contributed by atoms with van der Waals surface area (Å²) in [6.45, 7) is 4.46. The summed E-state index contributed by atoms with van der Waals surface area (Å²) in [6, 6.07) is 2.28. The molecule has 188 valence electrons. The molecule has 1 amide bonds. The first-order valence-corrected chi connectivity index (χ1v) is 11.5. The maximum Gasteiger partial charge on any atom is 0.255 e. The van der Waals surface area contributed by atoms with Gasteiger partial charge in [0.1, 0.15) is 22.8 Å². The number of Topliss-reactive ketones (excluding diaryl/α,β-unsaturated/α-hetero) is 2. The van der Waals surface area contributed by atoms with Crippen molar-refractivity contribution in [2.75, 3.05) is 14.1 Å². The summed E-state index contributed by atoms with van der Waals surface area (Å²) in [6.07, 6.45) is 0.344. The molecule has 3 aliphatic carbocycles. The predicted molar refractivity (Wildman–Crippen MR) is 126 cm³/mol. The number of nitrogens with two attached hydrogens (primary N) is 1. The van der Waals surface area contributed by atoms with Gasteiger partial charge in [-0.2, -0.15) is 0 Å². The zero-order valence-corrected chi connectivity index (χ0v) is 20.1. The summed E-state index contributed by atoms with van der Waals surface area (Å²) >= 11 is 0. The quantitative estimate of drug-likeness (QED) is 0.324. The minimum Gasteiger partial charge on any atom is -0.508 e. The Labute approximate surface area is 202 Å². The summed E-state index contributed by atoms with van der Waals surface area (Å²) in [4.78, 5) is 40.4. The zero-order valence-electron chi connectivity index (χ0n) is 20.1. The molecule has 1 unspecified atom stereocenters. The number of nitrogens with zero attached hydrogens (tertiary/aromatic N) is 1. The van der Waals surface area contributed by atoms with Crippen LogP contribution in [0.15, 0.2) is 29.0 Å². The molecule has 1 aromatic carbocycles. The first-order valence-electron chi connectivity index (χ1n) is 11.5. The van der Waals surface area contributed by atoms with Crippen LogP contribution in [0.2, 0.25) is 0 Å². The SMILES string of the molecule is CC(C)NCc1ccc(O)c2c1C[C@H]1C[C@@H]3C(N(C)C)C(=O)C(C(N)=O)=C(O)[C@@]3(O)C(=O)C1=C2O. The molecule has 0 aliphatic heterocycles. The van der Waals surface area contributed by atoms with Crippen molar-refractivity contribution in [3.05, 3.63) is 45.7 Å². The molecule has 4 atom stereocenters. The molecule has 0 radical (unpaired) electrons. The van der Waals surface area contributed by atoms with Gasteiger partial charge in [-0.3, -0.25) is 19.3 Å². The second kappa shape index (κ2) is 8.47. The summed E-state index contributed by atoms with van der Waals surface area (Å²) < 4.78 is 0. The van der Waals surface area contributed by atoms with Crippen LogP contribution in [0, 0.1) is 11.8 Å². The lowest BCUT2D eigenvalue weighted by Gasteiger charge is -2.50. The van der Waals surface area contributed by atoms with Gasteiger partial charge in [-0.05, 0) is 50.0 Å². The largest absolute Gasteiger partial charge is 0.508 e. The van der Waals surface area contributed by atoms with Crippen LogP contribution in [0.5, 0.6) is 5.75 Å². The third-order valence-corrected chi connectivity index (χ3v) is 7.40. The first kappa shape index (κ1) is 24.9. The fourth-order valence-electron chi connectivity index (χ4n) is 5.79. The predicted octanol–water partition coefficient (Wildman–Crippen LogP) is 0.462. The number of aliphatic hydroxyl groups excluding tert-OH is 2. The lowest BCUT2D eigenvalue weighted by Crippen LogP contribution is -2.65. The molecular weight excluding hydrogens is 454 g/mol. The number of rotatable bonds is 5. The number of likely N-dealkylation sites (N-methyl/N-ethyl adjacent to an activating group) is 1. The van der Waals surface area contributed by atoms with E-state index in [1.54, 1.807) is 20.2 Å². The topological polar surface area (TPSA) is 173 Å². The van der Waals surface area contributed by atoms with Gasteiger partial charge in [0.2, 0.25) is 5.78 Å². The molecule has 1 saturated carbocycles. The number of phenolic OH excluding ortho intramolecular Hbond substituents is 1. The molecule has 35 heavy (non-hydrogen) atoms. The van der Waals surface area contributed by atoms with Crippen LogP contribution in [-0.4, -0.2) is 74.6 Å². The number of hydrogen-bond acceptors (Lipinski definition) is 9. The Morgan fingerprint density at radius 3 is 2.46 bits per heavy atom. The van der Waals surface area contributed by atoms with Gasteiger partial charge in [0.15, 0.2) is 11.4 Å². The highest BCUT2D eigenvalue weighted by molar-refractivity contribution is 6.24. The number of hydrogen-bond donors (Lipinski definition) is 6. The number of aliphatic hydroxyl groups is 3. The fourth-order valence-corrected chi connectivity index (χ4v) is 5.79. The lowest BCUT2D eigenvalue weighted by molar-refractivity contribution is -0.153. The van der Waals surface area contributed by atoms with Crippen LogP contribution in [0.3, 0.4) is 0 Å². The Morgan fingerprint density at radius 2 is 1.89 bits per heavy atom. The molecule has 0 spiro atoms. The van der Waals surface area contributed by atoms with Crippen molar-refractivity contribution >= 4 is 23.2 Å². The minimum atomic E-state index is -2.63. The van der Waals surface area contributed by atoms with Crippen molar-refractivity contribution in [3.8, 4) is 5.75 Å². The molecule has 0 aromatic heterocycles. The number of nitrogens with one attached hydrogen (secondary N) is 1. The van der Waals surface area contributed by atoms with Crippen molar-refractivity contribution in [1.82, 2.24) is 10.2 Å². The number of primary amides is 1. The summed E-state index contributed by atoms with van der Waals surface area (Å²) in [5, 5.41) is 47.5. The van der Waals surface area contributed by atoms with E-state index < -0.39 is 58.0 Å². The van der Waals surface area contributed by atoms with E-state index in [0.29, 0.717) is 12.1 Å². The third kappa shape index (κ3) is 3.55. The average molecular weight is 486 g/mol. The number of carbonyl (C=O) groups is 3. The summed E-state index contributed by atoms with van der Waals surface area (Å²) in [5.41, 5.74) is 3.34. The van der Waals surface area contributed by atoms with Gasteiger partial charge in [-0.15, -0.1) is 0 Å². The minimum absolute atomic E-state index is 0.0679. The Hall–Kier alpha value is -3.21. The van der Waals surface area contributed by atoms with E-state index in [2.05, 4.69) is 5.32 Å². The average Bonchev–Trinajstić information content (AvgIpc) is 2.75. The van der Waals surface area contributed by atoms with Crippen molar-refractivity contribution in [2.45, 2.75) is 50.9 Å². The van der Waals surface area contributed by atoms with Gasteiger partial charge in [0, 0.05) is 24.1 Å². The van der Waals surface area contributed by atoms with Gasteiger partial charge in [0.25, 0.3) is 5.91 Å². The van der Waals surface area contributed by atoms with Crippen molar-refractivity contribution in [1.29, 1.82) is 0 Å². The van der Waals surface area contributed by atoms with Crippen molar-refractivity contribution in [3.63, 3.8) is 0 Å². The van der Waals surface area contributed by atoms with E-state index >= 15 is 0 Å². The second-order valence-electron chi connectivity index (χ2n) is 10.1. The third-order valence-electron chi connectivity index (χ3n) is 7.40. The molecule has 1 aromatic rings. The number of aromatic hydroxyl groups is 1. The molecule has 3 aliphatic rings. The number of carbonyl (C=O) groups excluding carboxylic acids is 3. The molecule has 4 rings (SSSR count). The van der Waals surface area contributed by atoms with E-state index in [4.69, 9.17) is 5.73 Å². The molecule has 10 heteroatoms. The van der Waals surface area contributed by atoms with Crippen LogP contribution in [-0.2, 0) is 27.3 Å². The maximum absolute atomic E-state index is 13.8. The van der Waals surface area contributed by atoms with Gasteiger partial charge in [-0.1, -0.05) is 19.9 Å². The number of amides is 1. The molecule has 0 saturated heterocycles. The van der Waals surface area contributed by atoms with Crippen molar-refractivity contribution < 1.29 is 34.8 Å². The standard InChI is InChI=1S/C25H31N3O7/c1-10(2)27-9-11-5-6-15(29)17-13(11)7-12-8-14-19(28(3)4)21(31)18(24(26)34)23(33)25(14,35)22(32)16(12)20(17)30/h5-6,10,12,14,19,27,29-30,33,35H,7-9H2,1-4H3,(H2,26,34)/t12-,14+,19?,25-/m0/s1. The van der Waals surface area contributed by atoms with Gasteiger partial charge in [-0.25, -0.2) is 0 Å². The van der Waals surface area contributed by atoms with Crippen LogP contribution in [0.25, 0.3) is 5.76 Å². The van der Waals surface area contributed by atoms with E-state index in [1.807, 2.05) is 13.8 Å². The van der Waals surface area contributed by atoms with Gasteiger partial charge < -0.3 is 31.5 Å². The molecule has 7 N–H and O–H groups in total. The molecular formula is C25H31N3O7. The van der Waals surface area contributed by atoms with Crippen LogP contribution in [0.4, 0.5) is 0 Å². The molecule has 10 nitrogen and oxygen atoms in total. The molecule has 0 bridgehead atoms. The lowest BCUT2D eigenvalue weighted by atomic mass is 9.57. The van der Waals surface area contributed by atoms with E-state index in [0.717, 1.165) is 5.56 Å². The van der Waals surface area contributed by atoms with E-state index in [1.165, 1.54) is 11.0 Å². The maximum atomic E-state index is 13.8. The Kier molecular flexibility index (Phi) is 6.03. The van der Waals surface area contributed by atoms with E-state index in [9.17, 15) is 34.8 Å². The summed E-state index contributed by atoms with van der Waals surface area (Å²) in [5.74, 6) is -6.50. The fraction of sp³-hybridized carbons (Fsp3) is 0.480. The highest BCUT2D eigenvalue weighted by Gasteiger charge is 2.64. The van der Waals surface area contributed by atoms with Crippen molar-refractivity contribution in [2.24, 2.45) is 17.6 Å². The highest BCUT2D eigenvalue weighted by atomic mass is 16.3. The first-order chi connectivity index (χ1) is 16.3. The van der Waals surface area contributed by atoms with Crippen LogP contribution in [0.1, 0.15) is 37.0 Å². The number of ketones is 2. The highest BCUT2D eigenvalue weighted by Crippen LogP contribution is 2.52. The number of benzene rings is 1. The monoisotopic (exact) mass is 485 g/mol. The Bertz CT molecular complexity index is 1200. The second-order valence-corrected chi connectivity index (χ2v) is 10.1. The van der Waals surface area contributed by atoms with E-state index in [-0.39, 0.29) is 35.8 Å². The normalized spacial score (nSPS) is 28.4. The number of fused-ring (bicyclic) bond motifs is 3. The van der Waals surface area contributed by atoms with Crippen LogP contribution >= 0.6 is 0 Å². The Balaban J connectivity index is 1.92. The van der Waals surface area contributed by atoms with Gasteiger partial charge >= 0.3 is 0 Å². The smallest absolute Gasteiger partial charge is 0.255 e.